The van der Waals surface area contributed by atoms with Crippen LogP contribution in [0.1, 0.15) is 34.6 Å². The number of hydrogen-bond donors (Lipinski definition) is 2. The van der Waals surface area contributed by atoms with Crippen molar-refractivity contribution in [1.82, 2.24) is 9.99 Å². The van der Waals surface area contributed by atoms with Gasteiger partial charge in [-0.3, -0.25) is 15.0 Å². The van der Waals surface area contributed by atoms with E-state index < -0.39 is 45.8 Å². The summed E-state index contributed by atoms with van der Waals surface area (Å²) in [7, 11) is 0. The van der Waals surface area contributed by atoms with Crippen molar-refractivity contribution < 1.29 is 27.9 Å². The highest BCUT2D eigenvalue weighted by Gasteiger charge is 2.66. The van der Waals surface area contributed by atoms with Gasteiger partial charge < -0.3 is 5.11 Å². The Kier molecular flexibility index (Phi) is 6.92. The summed E-state index contributed by atoms with van der Waals surface area (Å²) >= 11 is 12.3. The minimum Gasteiger partial charge on any atom is -0.507 e. The normalized spacial score (nSPS) is 22.6. The molecule has 0 unspecified atom stereocenters. The third-order valence-electron chi connectivity index (χ3n) is 7.53. The molecule has 2 heterocycles. The first-order valence-electron chi connectivity index (χ1n) is 12.2. The molecule has 2 aliphatic rings. The van der Waals surface area contributed by atoms with E-state index in [-0.39, 0.29) is 18.0 Å². The van der Waals surface area contributed by atoms with E-state index in [1.165, 1.54) is 0 Å². The van der Waals surface area contributed by atoms with Crippen molar-refractivity contribution in [1.29, 1.82) is 0 Å². The van der Waals surface area contributed by atoms with E-state index in [1.807, 2.05) is 0 Å². The monoisotopic (exact) mass is 587 g/mol. The molecule has 0 radical (unpaired) electrons. The summed E-state index contributed by atoms with van der Waals surface area (Å²) < 4.78 is 39.5. The number of nitrogens with zero attached hydrogens (tertiary/aromatic N) is 2. The van der Waals surface area contributed by atoms with E-state index in [0.717, 1.165) is 5.01 Å². The van der Waals surface area contributed by atoms with Crippen LogP contribution in [0.4, 0.5) is 19.0 Å². The fourth-order valence-corrected chi connectivity index (χ4v) is 6.01. The van der Waals surface area contributed by atoms with Crippen molar-refractivity contribution in [3.05, 3.63) is 111 Å². The Morgan fingerprint density at radius 1 is 1.18 bits per heavy atom. The second-order valence-corrected chi connectivity index (χ2v) is 10.5. The molecule has 2 amide bonds. The molecule has 6 nitrogen and oxygen atoms in total. The number of phenols is 1. The number of phenolic OH excluding ortho intramolecular Hbond substituents is 1. The Labute approximate surface area is 237 Å². The number of hydrazine groups is 1. The number of hydrogen-bond acceptors (Lipinski definition) is 5. The molecular formula is C29H22Cl2F3N3O3. The number of aromatic nitrogens is 1. The van der Waals surface area contributed by atoms with Crippen LogP contribution in [-0.2, 0) is 21.2 Å². The summed E-state index contributed by atoms with van der Waals surface area (Å²) in [5, 5.41) is 11.9. The second kappa shape index (κ2) is 9.98. The van der Waals surface area contributed by atoms with Crippen molar-refractivity contribution >= 4 is 40.8 Å². The van der Waals surface area contributed by atoms with E-state index >= 15 is 0 Å². The van der Waals surface area contributed by atoms with Crippen LogP contribution in [0.25, 0.3) is 0 Å². The first kappa shape index (κ1) is 27.7. The molecule has 1 aliphatic carbocycles. The number of nitrogens with one attached hydrogen (secondary N) is 1. The fourth-order valence-electron chi connectivity index (χ4n) is 5.68. The standard InChI is InChI=1S/C29H22Cl2F3N3O3/c1-3-16-7-12-21-26(39)37(36-25-22(31)13-18(14-35-25)29(32,33)34)27(40)28(21,17-8-10-19(30)11-9-17)23(16)20-6-4-5-15(2)24(20)38/h3-11,13-14,21,23,38H,1,12H2,2H3,(H,35,36)/t21-,23+,28+/m0/s1. The molecule has 206 valence electrons. The Morgan fingerprint density at radius 2 is 1.88 bits per heavy atom. The number of rotatable bonds is 5. The zero-order valence-electron chi connectivity index (χ0n) is 21.0. The van der Waals surface area contributed by atoms with Gasteiger partial charge in [-0.05, 0) is 48.2 Å². The number of para-hydroxylation sites is 1. The van der Waals surface area contributed by atoms with Crippen molar-refractivity contribution in [3.8, 4) is 5.75 Å². The summed E-state index contributed by atoms with van der Waals surface area (Å²) in [4.78, 5) is 32.2. The average molecular weight is 588 g/mol. The molecule has 2 N–H and O–H groups in total. The number of halogens is 5. The van der Waals surface area contributed by atoms with E-state index in [4.69, 9.17) is 23.2 Å². The predicted molar refractivity (Wildman–Crippen MR) is 145 cm³/mol. The number of anilines is 1. The van der Waals surface area contributed by atoms with Crippen LogP contribution in [0.2, 0.25) is 10.0 Å². The van der Waals surface area contributed by atoms with Gasteiger partial charge in [0, 0.05) is 22.7 Å². The first-order chi connectivity index (χ1) is 18.9. The highest BCUT2D eigenvalue weighted by molar-refractivity contribution is 6.33. The van der Waals surface area contributed by atoms with Crippen molar-refractivity contribution in [2.45, 2.75) is 30.9 Å². The van der Waals surface area contributed by atoms with Gasteiger partial charge in [-0.15, -0.1) is 0 Å². The van der Waals surface area contributed by atoms with Crippen LogP contribution in [0.5, 0.6) is 5.75 Å². The highest BCUT2D eigenvalue weighted by atomic mass is 35.5. The molecule has 40 heavy (non-hydrogen) atoms. The number of allylic oxidation sites excluding steroid dienone is 3. The minimum atomic E-state index is -4.68. The van der Waals surface area contributed by atoms with Crippen LogP contribution < -0.4 is 5.43 Å². The molecular weight excluding hydrogens is 566 g/mol. The van der Waals surface area contributed by atoms with Gasteiger partial charge >= 0.3 is 6.18 Å². The molecule has 1 aliphatic heterocycles. The Morgan fingerprint density at radius 3 is 2.50 bits per heavy atom. The highest BCUT2D eigenvalue weighted by Crippen LogP contribution is 2.59. The predicted octanol–water partition coefficient (Wildman–Crippen LogP) is 6.97. The number of carbonyl (C=O) groups excluding carboxylic acids is 2. The molecule has 11 heteroatoms. The number of aryl methyl sites for hydroxylation is 1. The van der Waals surface area contributed by atoms with E-state index in [1.54, 1.807) is 61.5 Å². The number of benzene rings is 2. The lowest BCUT2D eigenvalue weighted by Crippen LogP contribution is -2.48. The Balaban J connectivity index is 1.71. The second-order valence-electron chi connectivity index (χ2n) is 9.66. The fraction of sp³-hybridized carbons (Fsp3) is 0.207. The Hall–Kier alpha value is -3.82. The lowest BCUT2D eigenvalue weighted by Gasteiger charge is -2.43. The number of pyridine rings is 1. The largest absolute Gasteiger partial charge is 0.507 e. The van der Waals surface area contributed by atoms with Crippen LogP contribution in [0.3, 0.4) is 0 Å². The summed E-state index contributed by atoms with van der Waals surface area (Å²) in [6.07, 6.45) is -0.577. The van der Waals surface area contributed by atoms with Crippen molar-refractivity contribution in [2.24, 2.45) is 5.92 Å². The van der Waals surface area contributed by atoms with E-state index in [2.05, 4.69) is 17.0 Å². The van der Waals surface area contributed by atoms with E-state index in [0.29, 0.717) is 39.5 Å². The lowest BCUT2D eigenvalue weighted by molar-refractivity contribution is -0.139. The first-order valence-corrected chi connectivity index (χ1v) is 12.9. The molecule has 1 saturated heterocycles. The molecule has 0 saturated carbocycles. The van der Waals surface area contributed by atoms with Gasteiger partial charge in [0.25, 0.3) is 11.8 Å². The zero-order valence-corrected chi connectivity index (χ0v) is 22.5. The minimum absolute atomic E-state index is 0.0339. The smallest absolute Gasteiger partial charge is 0.417 e. The van der Waals surface area contributed by atoms with Crippen LogP contribution >= 0.6 is 23.2 Å². The quantitative estimate of drug-likeness (QED) is 0.315. The summed E-state index contributed by atoms with van der Waals surface area (Å²) in [6, 6.07) is 12.3. The number of carbonyl (C=O) groups is 2. The maximum Gasteiger partial charge on any atom is 0.417 e. The van der Waals surface area contributed by atoms with Crippen molar-refractivity contribution in [3.63, 3.8) is 0 Å². The summed E-state index contributed by atoms with van der Waals surface area (Å²) in [6.45, 7) is 5.64. The third kappa shape index (κ3) is 4.24. The number of aromatic hydroxyl groups is 1. The van der Waals surface area contributed by atoms with Crippen LogP contribution in [-0.4, -0.2) is 26.9 Å². The summed E-state index contributed by atoms with van der Waals surface area (Å²) in [5.74, 6) is -3.45. The summed E-state index contributed by atoms with van der Waals surface area (Å²) in [5.41, 5.74) is 1.99. The maximum atomic E-state index is 14.6. The van der Waals surface area contributed by atoms with Crippen LogP contribution in [0.15, 0.2) is 79.0 Å². The molecule has 3 atom stereocenters. The molecule has 0 bridgehead atoms. The molecule has 3 aromatic rings. The molecule has 1 fully saturated rings. The van der Waals surface area contributed by atoms with Gasteiger partial charge in [0.2, 0.25) is 0 Å². The maximum absolute atomic E-state index is 14.6. The number of amides is 2. The van der Waals surface area contributed by atoms with Gasteiger partial charge in [0.05, 0.1) is 21.9 Å². The molecule has 5 rings (SSSR count). The zero-order chi connectivity index (χ0) is 29.0. The molecule has 1 aromatic heterocycles. The number of imide groups is 1. The van der Waals surface area contributed by atoms with Crippen LogP contribution in [0, 0.1) is 12.8 Å². The van der Waals surface area contributed by atoms with Gasteiger partial charge in [-0.1, -0.05) is 72.3 Å². The Bertz CT molecular complexity index is 1570. The van der Waals surface area contributed by atoms with Gasteiger partial charge in [-0.2, -0.15) is 18.2 Å². The van der Waals surface area contributed by atoms with Gasteiger partial charge in [-0.25, -0.2) is 4.98 Å². The topological polar surface area (TPSA) is 82.5 Å². The number of alkyl halides is 3. The lowest BCUT2D eigenvalue weighted by atomic mass is 9.56. The average Bonchev–Trinajstić information content (AvgIpc) is 3.13. The SMILES string of the molecule is C=CC1=CC[C@H]2C(=O)N(Nc3ncc(C(F)(F)F)cc3Cl)C(=O)[C@@]2(c2ccc(Cl)cc2)[C@H]1c1cccc(C)c1O. The molecule has 2 aromatic carbocycles. The third-order valence-corrected chi connectivity index (χ3v) is 8.07. The number of fused-ring (bicyclic) bond motifs is 1. The van der Waals surface area contributed by atoms with Gasteiger partial charge in [0.15, 0.2) is 5.82 Å². The van der Waals surface area contributed by atoms with Gasteiger partial charge in [0.1, 0.15) is 5.75 Å². The van der Waals surface area contributed by atoms with Crippen molar-refractivity contribution in [2.75, 3.05) is 5.43 Å². The molecule has 0 spiro atoms. The van der Waals surface area contributed by atoms with E-state index in [9.17, 15) is 27.9 Å².